The lowest BCUT2D eigenvalue weighted by molar-refractivity contribution is 0.414. The van der Waals surface area contributed by atoms with Crippen molar-refractivity contribution >= 4 is 49.2 Å². The molecule has 2 heterocycles. The van der Waals surface area contributed by atoms with Crippen molar-refractivity contribution in [2.45, 2.75) is 21.7 Å². The van der Waals surface area contributed by atoms with Gasteiger partial charge in [0.05, 0.1) is 36.6 Å². The van der Waals surface area contributed by atoms with Gasteiger partial charge in [0.1, 0.15) is 28.0 Å². The summed E-state index contributed by atoms with van der Waals surface area (Å²) >= 11 is 1.36. The zero-order valence-corrected chi connectivity index (χ0v) is 22.5. The van der Waals surface area contributed by atoms with E-state index in [0.717, 1.165) is 11.3 Å². The maximum atomic E-state index is 14.5. The van der Waals surface area contributed by atoms with Crippen molar-refractivity contribution in [1.82, 2.24) is 15.0 Å². The van der Waals surface area contributed by atoms with E-state index >= 15 is 0 Å². The Hall–Kier alpha value is -3.83. The van der Waals surface area contributed by atoms with E-state index in [0.29, 0.717) is 49.7 Å². The summed E-state index contributed by atoms with van der Waals surface area (Å²) in [4.78, 5) is 12.1. The van der Waals surface area contributed by atoms with Crippen LogP contribution < -0.4 is 14.8 Å². The molecule has 0 aliphatic carbocycles. The maximum Gasteiger partial charge on any atom is 0.250 e. The minimum Gasteiger partial charge on any atom is -0.497 e. The molecular weight excluding hydrogens is 527 g/mol. The lowest BCUT2D eigenvalue weighted by atomic mass is 10.2. The molecule has 196 valence electrons. The number of methoxy groups -OCH3 is 2. The predicted octanol–water partition coefficient (Wildman–Crippen LogP) is 5.58. The van der Waals surface area contributed by atoms with Gasteiger partial charge in [0, 0.05) is 18.2 Å². The lowest BCUT2D eigenvalue weighted by Gasteiger charge is -2.09. The maximum absolute atomic E-state index is 14.5. The van der Waals surface area contributed by atoms with E-state index in [1.54, 1.807) is 45.5 Å². The lowest BCUT2D eigenvalue weighted by Crippen LogP contribution is -2.10. The van der Waals surface area contributed by atoms with Gasteiger partial charge in [-0.3, -0.25) is 0 Å². The highest BCUT2D eigenvalue weighted by atomic mass is 32.2. The molecule has 0 bridgehead atoms. The first kappa shape index (κ1) is 25.8. The average molecular weight is 553 g/mol. The van der Waals surface area contributed by atoms with Crippen LogP contribution in [0.15, 0.2) is 70.8 Å². The summed E-state index contributed by atoms with van der Waals surface area (Å²) in [5, 5.41) is 4.27. The monoisotopic (exact) mass is 552 g/mol. The first-order chi connectivity index (χ1) is 18.3. The second kappa shape index (κ2) is 10.5. The van der Waals surface area contributed by atoms with Crippen LogP contribution in [0.2, 0.25) is 0 Å². The van der Waals surface area contributed by atoms with Gasteiger partial charge in [-0.25, -0.2) is 22.8 Å². The van der Waals surface area contributed by atoms with Crippen LogP contribution in [0.3, 0.4) is 0 Å². The van der Waals surface area contributed by atoms with E-state index in [2.05, 4.69) is 20.3 Å². The number of anilines is 1. The fourth-order valence-corrected chi connectivity index (χ4v) is 6.41. The quantitative estimate of drug-likeness (QED) is 0.139. The molecular formula is C27H25FN4O4S2. The number of halogens is 1. The van der Waals surface area contributed by atoms with Crippen LogP contribution in [-0.4, -0.2) is 44.6 Å². The second-order valence-corrected chi connectivity index (χ2v) is 11.4. The number of hydrogen-bond donors (Lipinski definition) is 2. The molecule has 0 saturated heterocycles. The molecule has 0 spiro atoms. The molecule has 2 N–H and O–H groups in total. The molecule has 0 aliphatic rings. The van der Waals surface area contributed by atoms with E-state index in [4.69, 9.17) is 9.47 Å². The highest BCUT2D eigenvalue weighted by Crippen LogP contribution is 2.37. The van der Waals surface area contributed by atoms with Crippen molar-refractivity contribution in [3.8, 4) is 11.5 Å². The number of rotatable bonds is 9. The molecule has 0 aliphatic heterocycles. The number of benzene rings is 3. The van der Waals surface area contributed by atoms with E-state index in [-0.39, 0.29) is 10.9 Å². The van der Waals surface area contributed by atoms with Crippen molar-refractivity contribution in [3.05, 3.63) is 77.6 Å². The Morgan fingerprint density at radius 1 is 0.947 bits per heavy atom. The minimum atomic E-state index is -3.90. The molecule has 0 amide bonds. The van der Waals surface area contributed by atoms with Gasteiger partial charge in [-0.1, -0.05) is 24.3 Å². The number of hydrogen-bond acceptors (Lipinski definition) is 8. The summed E-state index contributed by atoms with van der Waals surface area (Å²) in [7, 11) is 0.937. The summed E-state index contributed by atoms with van der Waals surface area (Å²) in [6.07, 6.45) is 0. The number of nitrogens with zero attached hydrogens (tertiary/aromatic N) is 2. The van der Waals surface area contributed by atoms with Crippen LogP contribution in [0.4, 0.5) is 10.1 Å². The third-order valence-corrected chi connectivity index (χ3v) is 8.57. The third kappa shape index (κ3) is 5.11. The summed E-state index contributed by atoms with van der Waals surface area (Å²) in [6.45, 7) is 0. The number of thioether (sulfide) groups is 1. The normalized spacial score (nSPS) is 11.7. The fourth-order valence-electron chi connectivity index (χ4n) is 4.13. The number of ether oxygens (including phenoxy) is 2. The molecule has 0 fully saturated rings. The summed E-state index contributed by atoms with van der Waals surface area (Å²) in [6, 6.07) is 17.1. The zero-order valence-electron chi connectivity index (χ0n) is 20.9. The number of fused-ring (bicyclic) bond motifs is 3. The van der Waals surface area contributed by atoms with Gasteiger partial charge >= 0.3 is 0 Å². The van der Waals surface area contributed by atoms with Crippen LogP contribution in [0, 0.1) is 5.82 Å². The molecule has 5 aromatic rings. The van der Waals surface area contributed by atoms with Crippen molar-refractivity contribution < 1.29 is 22.3 Å². The summed E-state index contributed by atoms with van der Waals surface area (Å²) < 4.78 is 51.7. The number of H-pyrrole nitrogens is 1. The van der Waals surface area contributed by atoms with Gasteiger partial charge in [-0.15, -0.1) is 11.8 Å². The molecule has 3 aromatic carbocycles. The van der Waals surface area contributed by atoms with Gasteiger partial charge in [0.25, 0.3) is 5.16 Å². The Morgan fingerprint density at radius 3 is 2.18 bits per heavy atom. The van der Waals surface area contributed by atoms with Gasteiger partial charge < -0.3 is 19.8 Å². The predicted molar refractivity (Wildman–Crippen MR) is 147 cm³/mol. The van der Waals surface area contributed by atoms with Crippen molar-refractivity contribution in [1.29, 1.82) is 0 Å². The SMILES string of the molecule is CNc1cc(F)cc2c1[nH]c1nc(S(=O)(=O)Cc3ccc(OC)cc3)nc(SCc3ccc(OC)cc3)c12. The molecule has 0 radical (unpaired) electrons. The zero-order chi connectivity index (χ0) is 26.9. The largest absolute Gasteiger partial charge is 0.497 e. The minimum absolute atomic E-state index is 0.276. The van der Waals surface area contributed by atoms with Crippen molar-refractivity contribution in [3.63, 3.8) is 0 Å². The topological polar surface area (TPSA) is 106 Å². The van der Waals surface area contributed by atoms with Gasteiger partial charge in [-0.2, -0.15) is 0 Å². The van der Waals surface area contributed by atoms with Crippen LogP contribution in [0.1, 0.15) is 11.1 Å². The first-order valence-electron chi connectivity index (χ1n) is 11.6. The molecule has 38 heavy (non-hydrogen) atoms. The molecule has 0 unspecified atom stereocenters. The summed E-state index contributed by atoms with van der Waals surface area (Å²) in [5.41, 5.74) is 3.05. The van der Waals surface area contributed by atoms with Gasteiger partial charge in [0.15, 0.2) is 0 Å². The highest BCUT2D eigenvalue weighted by Gasteiger charge is 2.24. The Labute approximate surface area is 223 Å². The molecule has 0 saturated carbocycles. The molecule has 5 rings (SSSR count). The first-order valence-corrected chi connectivity index (χ1v) is 14.3. The molecule has 2 aromatic heterocycles. The number of nitrogens with one attached hydrogen (secondary N) is 2. The Balaban J connectivity index is 1.61. The Morgan fingerprint density at radius 2 is 1.58 bits per heavy atom. The fraction of sp³-hybridized carbons (Fsp3) is 0.185. The average Bonchev–Trinajstić information content (AvgIpc) is 3.30. The number of aromatic nitrogens is 3. The molecule has 0 atom stereocenters. The van der Waals surface area contributed by atoms with Gasteiger partial charge in [0.2, 0.25) is 9.84 Å². The summed E-state index contributed by atoms with van der Waals surface area (Å²) in [5.74, 6) is 1.18. The number of sulfone groups is 1. The number of aromatic amines is 1. The third-order valence-electron chi connectivity index (χ3n) is 6.07. The van der Waals surface area contributed by atoms with Crippen LogP contribution in [-0.2, 0) is 21.3 Å². The van der Waals surface area contributed by atoms with Crippen molar-refractivity contribution in [2.24, 2.45) is 0 Å². The highest BCUT2D eigenvalue weighted by molar-refractivity contribution is 7.98. The molecule has 8 nitrogen and oxygen atoms in total. The van der Waals surface area contributed by atoms with E-state index in [1.165, 1.54) is 23.9 Å². The second-order valence-electron chi connectivity index (χ2n) is 8.53. The van der Waals surface area contributed by atoms with Crippen LogP contribution in [0.5, 0.6) is 11.5 Å². The Bertz CT molecular complexity index is 1720. The van der Waals surface area contributed by atoms with Crippen LogP contribution >= 0.6 is 11.8 Å². The van der Waals surface area contributed by atoms with E-state index < -0.39 is 15.7 Å². The smallest absolute Gasteiger partial charge is 0.250 e. The van der Waals surface area contributed by atoms with E-state index in [9.17, 15) is 12.8 Å². The van der Waals surface area contributed by atoms with Crippen molar-refractivity contribution in [2.75, 3.05) is 26.6 Å². The standard InChI is InChI=1S/C27H25FN4O4S2/c1-29-22-13-18(28)12-21-23-25(30-24(21)22)31-27(38(33,34)15-17-6-10-20(36-3)11-7-17)32-26(23)37-14-16-4-8-19(35-2)9-5-16/h4-13,29H,14-15H2,1-3H3,(H,30,31,32). The van der Waals surface area contributed by atoms with Gasteiger partial charge in [-0.05, 0) is 47.5 Å². The van der Waals surface area contributed by atoms with E-state index in [1.807, 2.05) is 24.3 Å². The molecule has 11 heteroatoms. The Kier molecular flexibility index (Phi) is 7.13. The van der Waals surface area contributed by atoms with Crippen LogP contribution in [0.25, 0.3) is 21.9 Å².